The van der Waals surface area contributed by atoms with Crippen LogP contribution in [0.2, 0.25) is 0 Å². The van der Waals surface area contributed by atoms with Gasteiger partial charge in [0.1, 0.15) is 17.3 Å². The molecule has 7 nitrogen and oxygen atoms in total. The summed E-state index contributed by atoms with van der Waals surface area (Å²) in [4.78, 5) is 13.2. The Morgan fingerprint density at radius 1 is 1.00 bits per heavy atom. The molecular formula is C26H24FN3O4S. The summed E-state index contributed by atoms with van der Waals surface area (Å²) in [6.07, 6.45) is 0. The minimum atomic E-state index is -4.10. The summed E-state index contributed by atoms with van der Waals surface area (Å²) in [7, 11) is -2.69. The predicted molar refractivity (Wildman–Crippen MR) is 130 cm³/mol. The largest absolute Gasteiger partial charge is 0.496 e. The highest BCUT2D eigenvalue weighted by atomic mass is 32.2. The van der Waals surface area contributed by atoms with E-state index in [1.807, 2.05) is 32.0 Å². The third kappa shape index (κ3) is 5.09. The predicted octanol–water partition coefficient (Wildman–Crippen LogP) is 4.48. The Hall–Kier alpha value is -3.98. The highest BCUT2D eigenvalue weighted by molar-refractivity contribution is 7.90. The summed E-state index contributed by atoms with van der Waals surface area (Å²) in [5, 5.41) is 4.58. The number of nitrogens with one attached hydrogen (secondary N) is 1. The van der Waals surface area contributed by atoms with Crippen LogP contribution >= 0.6 is 0 Å². The lowest BCUT2D eigenvalue weighted by molar-refractivity contribution is 0.0971. The van der Waals surface area contributed by atoms with Crippen LogP contribution in [0.15, 0.2) is 77.7 Å². The van der Waals surface area contributed by atoms with Gasteiger partial charge in [-0.2, -0.15) is 5.10 Å². The van der Waals surface area contributed by atoms with Gasteiger partial charge >= 0.3 is 0 Å². The summed E-state index contributed by atoms with van der Waals surface area (Å²) in [6.45, 7) is 4.14. The van der Waals surface area contributed by atoms with Gasteiger partial charge < -0.3 is 4.74 Å². The maximum absolute atomic E-state index is 13.7. The monoisotopic (exact) mass is 493 g/mol. The number of carbonyl (C=O) groups is 1. The Kier molecular flexibility index (Phi) is 6.70. The molecule has 0 aliphatic rings. The molecule has 4 aromatic rings. The number of hydrogen-bond donors (Lipinski definition) is 1. The molecule has 35 heavy (non-hydrogen) atoms. The Bertz CT molecular complexity index is 1480. The quantitative estimate of drug-likeness (QED) is 0.410. The van der Waals surface area contributed by atoms with Crippen LogP contribution in [-0.4, -0.2) is 31.2 Å². The zero-order valence-corrected chi connectivity index (χ0v) is 20.3. The molecule has 0 radical (unpaired) electrons. The second kappa shape index (κ2) is 9.71. The number of carbonyl (C=O) groups excluding carboxylic acids is 1. The van der Waals surface area contributed by atoms with Crippen molar-refractivity contribution in [3.05, 3.63) is 101 Å². The van der Waals surface area contributed by atoms with Crippen molar-refractivity contribution in [2.24, 2.45) is 0 Å². The zero-order chi connectivity index (χ0) is 25.2. The number of methoxy groups -OCH3 is 1. The minimum absolute atomic E-state index is 0.0328. The van der Waals surface area contributed by atoms with Crippen LogP contribution in [0.4, 0.5) is 4.39 Å². The number of sulfonamides is 1. The van der Waals surface area contributed by atoms with Gasteiger partial charge in [0.25, 0.3) is 15.9 Å². The molecule has 1 aromatic heterocycles. The number of amides is 1. The molecule has 4 rings (SSSR count). The third-order valence-electron chi connectivity index (χ3n) is 5.69. The van der Waals surface area contributed by atoms with E-state index in [-0.39, 0.29) is 22.9 Å². The molecule has 0 atom stereocenters. The fraction of sp³-hybridized carbons (Fsp3) is 0.154. The number of rotatable bonds is 7. The number of hydrogen-bond acceptors (Lipinski definition) is 5. The van der Waals surface area contributed by atoms with E-state index in [0.29, 0.717) is 11.3 Å². The number of aryl methyl sites for hydroxylation is 2. The van der Waals surface area contributed by atoms with Crippen molar-refractivity contribution in [1.82, 2.24) is 14.5 Å². The van der Waals surface area contributed by atoms with Crippen LogP contribution < -0.4 is 9.46 Å². The molecule has 1 N–H and O–H groups in total. The average molecular weight is 494 g/mol. The van der Waals surface area contributed by atoms with Crippen LogP contribution in [0.25, 0.3) is 11.3 Å². The van der Waals surface area contributed by atoms with Gasteiger partial charge in [0.15, 0.2) is 0 Å². The molecule has 3 aromatic carbocycles. The van der Waals surface area contributed by atoms with E-state index in [2.05, 4.69) is 9.82 Å². The molecule has 9 heteroatoms. The Morgan fingerprint density at radius 2 is 1.69 bits per heavy atom. The van der Waals surface area contributed by atoms with Crippen LogP contribution in [0, 0.1) is 19.7 Å². The normalized spacial score (nSPS) is 11.3. The first-order chi connectivity index (χ1) is 16.7. The van der Waals surface area contributed by atoms with Crippen molar-refractivity contribution in [2.45, 2.75) is 25.3 Å². The smallest absolute Gasteiger partial charge is 0.283 e. The lowest BCUT2D eigenvalue weighted by Gasteiger charge is -2.13. The summed E-state index contributed by atoms with van der Waals surface area (Å²) in [5.74, 6) is -1.07. The molecule has 0 aliphatic heterocycles. The fourth-order valence-electron chi connectivity index (χ4n) is 3.81. The zero-order valence-electron chi connectivity index (χ0n) is 19.4. The van der Waals surface area contributed by atoms with E-state index in [1.54, 1.807) is 18.2 Å². The van der Waals surface area contributed by atoms with E-state index in [1.165, 1.54) is 48.2 Å². The van der Waals surface area contributed by atoms with Crippen molar-refractivity contribution in [2.75, 3.05) is 7.11 Å². The minimum Gasteiger partial charge on any atom is -0.496 e. The molecule has 0 bridgehead atoms. The van der Waals surface area contributed by atoms with Crippen molar-refractivity contribution in [1.29, 1.82) is 0 Å². The van der Waals surface area contributed by atoms with E-state index in [0.717, 1.165) is 16.7 Å². The topological polar surface area (TPSA) is 90.3 Å². The van der Waals surface area contributed by atoms with Crippen LogP contribution in [0.3, 0.4) is 0 Å². The van der Waals surface area contributed by atoms with Gasteiger partial charge in [-0.3, -0.25) is 9.48 Å². The van der Waals surface area contributed by atoms with E-state index >= 15 is 0 Å². The third-order valence-corrected chi connectivity index (χ3v) is 7.03. The number of benzene rings is 3. The molecule has 180 valence electrons. The van der Waals surface area contributed by atoms with Crippen LogP contribution in [-0.2, 0) is 16.6 Å². The molecular weight excluding hydrogens is 469 g/mol. The highest BCUT2D eigenvalue weighted by Crippen LogP contribution is 2.31. The van der Waals surface area contributed by atoms with Gasteiger partial charge in [-0.25, -0.2) is 17.5 Å². The van der Waals surface area contributed by atoms with Gasteiger partial charge in [0, 0.05) is 11.6 Å². The lowest BCUT2D eigenvalue weighted by Crippen LogP contribution is -2.32. The molecule has 0 saturated carbocycles. The first-order valence-corrected chi connectivity index (χ1v) is 12.3. The SMILES string of the molecule is COc1cc(F)ccc1-c1cc(C(=O)NS(=O)(=O)c2ccccc2)n(Cc2c(C)cccc2C)n1. The molecule has 0 aliphatic carbocycles. The van der Waals surface area contributed by atoms with Crippen molar-refractivity contribution in [3.8, 4) is 17.0 Å². The highest BCUT2D eigenvalue weighted by Gasteiger charge is 2.24. The summed E-state index contributed by atoms with van der Waals surface area (Å²) in [5.41, 5.74) is 3.81. The lowest BCUT2D eigenvalue weighted by atomic mass is 10.0. The molecule has 0 unspecified atom stereocenters. The van der Waals surface area contributed by atoms with E-state index in [4.69, 9.17) is 4.74 Å². The first-order valence-electron chi connectivity index (χ1n) is 10.8. The Balaban J connectivity index is 1.79. The van der Waals surface area contributed by atoms with Crippen molar-refractivity contribution in [3.63, 3.8) is 0 Å². The maximum Gasteiger partial charge on any atom is 0.283 e. The number of halogens is 1. The maximum atomic E-state index is 13.7. The summed E-state index contributed by atoms with van der Waals surface area (Å²) in [6, 6.07) is 18.9. The molecule has 0 saturated heterocycles. The number of ether oxygens (including phenoxy) is 1. The van der Waals surface area contributed by atoms with Crippen molar-refractivity contribution >= 4 is 15.9 Å². The van der Waals surface area contributed by atoms with E-state index in [9.17, 15) is 17.6 Å². The Morgan fingerprint density at radius 3 is 2.34 bits per heavy atom. The fourth-order valence-corrected chi connectivity index (χ4v) is 4.79. The second-order valence-electron chi connectivity index (χ2n) is 8.04. The van der Waals surface area contributed by atoms with Crippen LogP contribution in [0.5, 0.6) is 5.75 Å². The first kappa shape index (κ1) is 24.2. The van der Waals surface area contributed by atoms with Gasteiger partial charge in [0.05, 0.1) is 24.2 Å². The molecule has 1 amide bonds. The van der Waals surface area contributed by atoms with E-state index < -0.39 is 21.7 Å². The van der Waals surface area contributed by atoms with Gasteiger partial charge in [-0.05, 0) is 60.9 Å². The molecule has 0 fully saturated rings. The summed E-state index contributed by atoms with van der Waals surface area (Å²) >= 11 is 0. The average Bonchev–Trinajstić information content (AvgIpc) is 3.25. The number of aromatic nitrogens is 2. The van der Waals surface area contributed by atoms with Crippen molar-refractivity contribution < 1.29 is 22.3 Å². The van der Waals surface area contributed by atoms with Gasteiger partial charge in [-0.15, -0.1) is 0 Å². The van der Waals surface area contributed by atoms with Gasteiger partial charge in [-0.1, -0.05) is 36.4 Å². The van der Waals surface area contributed by atoms with Crippen LogP contribution in [0.1, 0.15) is 27.2 Å². The summed E-state index contributed by atoms with van der Waals surface area (Å²) < 4.78 is 48.2. The number of nitrogens with zero attached hydrogens (tertiary/aromatic N) is 2. The second-order valence-corrected chi connectivity index (χ2v) is 9.72. The van der Waals surface area contributed by atoms with Gasteiger partial charge in [0.2, 0.25) is 0 Å². The Labute approximate surface area is 203 Å². The standard InChI is InChI=1S/C26H24FN3O4S/c1-17-8-7-9-18(2)22(17)16-30-24(26(31)29-35(32,33)20-10-5-4-6-11-20)15-23(28-30)21-13-12-19(27)14-25(21)34-3/h4-15H,16H2,1-3H3,(H,29,31). The molecule has 0 spiro atoms. The molecule has 1 heterocycles.